The van der Waals surface area contributed by atoms with Crippen molar-refractivity contribution in [1.29, 1.82) is 0 Å². The molecule has 6 nitrogen and oxygen atoms in total. The summed E-state index contributed by atoms with van der Waals surface area (Å²) < 4.78 is 5.64. The van der Waals surface area contributed by atoms with Gasteiger partial charge in [0.05, 0.1) is 0 Å². The zero-order valence-corrected chi connectivity index (χ0v) is 12.7. The number of hydrogen-bond donors (Lipinski definition) is 2. The monoisotopic (exact) mass is 314 g/mol. The number of carbonyl (C=O) groups is 2. The third-order valence-corrected chi connectivity index (χ3v) is 3.01. The summed E-state index contributed by atoms with van der Waals surface area (Å²) in [4.78, 5) is 27.6. The zero-order valence-electron chi connectivity index (χ0n) is 12.7. The minimum Gasteiger partial charge on any atom is -0.489 e. The second-order valence-electron chi connectivity index (χ2n) is 4.69. The highest BCUT2D eigenvalue weighted by Crippen LogP contribution is 2.14. The molecule has 0 radical (unpaired) electrons. The number of hydroxylamine groups is 1. The Morgan fingerprint density at radius 3 is 2.35 bits per heavy atom. The summed E-state index contributed by atoms with van der Waals surface area (Å²) in [6.07, 6.45) is 0. The van der Waals surface area contributed by atoms with E-state index in [1.165, 1.54) is 7.05 Å². The third-order valence-electron chi connectivity index (χ3n) is 3.01. The van der Waals surface area contributed by atoms with E-state index in [2.05, 4.69) is 10.8 Å². The molecule has 23 heavy (non-hydrogen) atoms. The SMILES string of the molecule is CNC(=O)CONC(=O)c1ccc(OCc2ccccc2)cc1. The quantitative estimate of drug-likeness (QED) is 0.762. The predicted molar refractivity (Wildman–Crippen MR) is 84.7 cm³/mol. The highest BCUT2D eigenvalue weighted by atomic mass is 16.7. The molecular formula is C17H18N2O4. The number of rotatable bonds is 7. The topological polar surface area (TPSA) is 76.7 Å². The van der Waals surface area contributed by atoms with E-state index in [0.717, 1.165) is 5.56 Å². The van der Waals surface area contributed by atoms with Crippen LogP contribution >= 0.6 is 0 Å². The fraction of sp³-hybridized carbons (Fsp3) is 0.176. The summed E-state index contributed by atoms with van der Waals surface area (Å²) >= 11 is 0. The first-order chi connectivity index (χ1) is 11.2. The van der Waals surface area contributed by atoms with E-state index in [0.29, 0.717) is 17.9 Å². The van der Waals surface area contributed by atoms with Crippen molar-refractivity contribution in [1.82, 2.24) is 10.8 Å². The third kappa shape index (κ3) is 5.44. The molecule has 0 heterocycles. The van der Waals surface area contributed by atoms with Crippen LogP contribution in [0.3, 0.4) is 0 Å². The van der Waals surface area contributed by atoms with E-state index in [9.17, 15) is 9.59 Å². The predicted octanol–water partition coefficient (Wildman–Crippen LogP) is 1.67. The van der Waals surface area contributed by atoms with Gasteiger partial charge in [0, 0.05) is 12.6 Å². The first kappa shape index (κ1) is 16.5. The molecule has 0 fully saturated rings. The molecule has 0 aromatic heterocycles. The second kappa shape index (κ2) is 8.55. The zero-order chi connectivity index (χ0) is 16.5. The lowest BCUT2D eigenvalue weighted by Crippen LogP contribution is -2.31. The van der Waals surface area contributed by atoms with Crippen molar-refractivity contribution < 1.29 is 19.2 Å². The van der Waals surface area contributed by atoms with Crippen LogP contribution < -0.4 is 15.5 Å². The van der Waals surface area contributed by atoms with E-state index in [4.69, 9.17) is 9.57 Å². The Morgan fingerprint density at radius 1 is 1.00 bits per heavy atom. The molecule has 2 aromatic carbocycles. The van der Waals surface area contributed by atoms with Crippen LogP contribution in [0.1, 0.15) is 15.9 Å². The van der Waals surface area contributed by atoms with Crippen LogP contribution in [-0.2, 0) is 16.2 Å². The number of ether oxygens (including phenoxy) is 1. The van der Waals surface area contributed by atoms with Gasteiger partial charge in [-0.15, -0.1) is 0 Å². The highest BCUT2D eigenvalue weighted by Gasteiger charge is 2.07. The molecule has 120 valence electrons. The Morgan fingerprint density at radius 2 is 1.70 bits per heavy atom. The molecule has 2 rings (SSSR count). The summed E-state index contributed by atoms with van der Waals surface area (Å²) in [5.41, 5.74) is 3.68. The molecule has 0 spiro atoms. The van der Waals surface area contributed by atoms with E-state index in [1.807, 2.05) is 30.3 Å². The lowest BCUT2D eigenvalue weighted by atomic mass is 10.2. The van der Waals surface area contributed by atoms with Crippen molar-refractivity contribution in [3.8, 4) is 5.75 Å². The van der Waals surface area contributed by atoms with Crippen LogP contribution in [0.4, 0.5) is 0 Å². The van der Waals surface area contributed by atoms with E-state index < -0.39 is 5.91 Å². The van der Waals surface area contributed by atoms with Crippen LogP contribution in [-0.4, -0.2) is 25.5 Å². The average Bonchev–Trinajstić information content (AvgIpc) is 2.61. The lowest BCUT2D eigenvalue weighted by Gasteiger charge is -2.08. The van der Waals surface area contributed by atoms with Gasteiger partial charge in [-0.05, 0) is 29.8 Å². The molecule has 0 saturated carbocycles. The fourth-order valence-corrected chi connectivity index (χ4v) is 1.74. The molecule has 0 aliphatic rings. The summed E-state index contributed by atoms with van der Waals surface area (Å²) in [7, 11) is 1.49. The van der Waals surface area contributed by atoms with Crippen molar-refractivity contribution in [3.63, 3.8) is 0 Å². The van der Waals surface area contributed by atoms with Gasteiger partial charge < -0.3 is 10.1 Å². The summed E-state index contributed by atoms with van der Waals surface area (Å²) in [5, 5.41) is 2.38. The van der Waals surface area contributed by atoms with Gasteiger partial charge in [-0.1, -0.05) is 30.3 Å². The van der Waals surface area contributed by atoms with Gasteiger partial charge in [0.2, 0.25) is 5.91 Å². The standard InChI is InChI=1S/C17H18N2O4/c1-18-16(20)12-23-19-17(21)14-7-9-15(10-8-14)22-11-13-5-3-2-4-6-13/h2-10H,11-12H2,1H3,(H,18,20)(H,19,21). The average molecular weight is 314 g/mol. The van der Waals surface area contributed by atoms with E-state index >= 15 is 0 Å². The van der Waals surface area contributed by atoms with Crippen molar-refractivity contribution in [3.05, 3.63) is 65.7 Å². The van der Waals surface area contributed by atoms with Gasteiger partial charge in [0.1, 0.15) is 12.4 Å². The molecule has 0 aliphatic heterocycles. The maximum Gasteiger partial charge on any atom is 0.274 e. The normalized spacial score (nSPS) is 9.96. The summed E-state index contributed by atoms with van der Waals surface area (Å²) in [6, 6.07) is 16.5. The van der Waals surface area contributed by atoms with Crippen LogP contribution in [0.5, 0.6) is 5.75 Å². The maximum atomic E-state index is 11.8. The molecule has 0 aliphatic carbocycles. The molecule has 2 N–H and O–H groups in total. The lowest BCUT2D eigenvalue weighted by molar-refractivity contribution is -0.126. The number of amides is 2. The Balaban J connectivity index is 1.81. The smallest absolute Gasteiger partial charge is 0.274 e. The van der Waals surface area contributed by atoms with E-state index in [1.54, 1.807) is 24.3 Å². The largest absolute Gasteiger partial charge is 0.489 e. The van der Waals surface area contributed by atoms with Crippen molar-refractivity contribution >= 4 is 11.8 Å². The Bertz CT molecular complexity index is 641. The molecule has 0 saturated heterocycles. The summed E-state index contributed by atoms with van der Waals surface area (Å²) in [5.74, 6) is -0.0878. The second-order valence-corrected chi connectivity index (χ2v) is 4.69. The molecule has 2 amide bonds. The fourth-order valence-electron chi connectivity index (χ4n) is 1.74. The summed E-state index contributed by atoms with van der Waals surface area (Å²) in [6.45, 7) is 0.224. The van der Waals surface area contributed by atoms with Gasteiger partial charge in [-0.25, -0.2) is 5.48 Å². The molecular weight excluding hydrogens is 296 g/mol. The van der Waals surface area contributed by atoms with Crippen LogP contribution in [0, 0.1) is 0 Å². The number of hydrogen-bond acceptors (Lipinski definition) is 4. The Hall–Kier alpha value is -2.86. The number of nitrogens with one attached hydrogen (secondary N) is 2. The molecule has 0 unspecified atom stereocenters. The Labute approximate surface area is 134 Å². The van der Waals surface area contributed by atoms with Gasteiger partial charge in [0.25, 0.3) is 5.91 Å². The van der Waals surface area contributed by atoms with Crippen LogP contribution in [0.25, 0.3) is 0 Å². The van der Waals surface area contributed by atoms with Gasteiger partial charge >= 0.3 is 0 Å². The van der Waals surface area contributed by atoms with Crippen molar-refractivity contribution in [2.75, 3.05) is 13.7 Å². The van der Waals surface area contributed by atoms with Gasteiger partial charge in [0.15, 0.2) is 6.61 Å². The molecule has 0 bridgehead atoms. The number of benzene rings is 2. The molecule has 2 aromatic rings. The first-order valence-corrected chi connectivity index (χ1v) is 7.08. The number of likely N-dealkylation sites (N-methyl/N-ethyl adjacent to an activating group) is 1. The molecule has 0 atom stereocenters. The van der Waals surface area contributed by atoms with Gasteiger partial charge in [-0.2, -0.15) is 0 Å². The van der Waals surface area contributed by atoms with Crippen molar-refractivity contribution in [2.24, 2.45) is 0 Å². The number of carbonyl (C=O) groups excluding carboxylic acids is 2. The first-order valence-electron chi connectivity index (χ1n) is 7.08. The van der Waals surface area contributed by atoms with E-state index in [-0.39, 0.29) is 12.5 Å². The minimum atomic E-state index is -0.427. The van der Waals surface area contributed by atoms with Crippen molar-refractivity contribution in [2.45, 2.75) is 6.61 Å². The molecule has 6 heteroatoms. The minimum absolute atomic E-state index is 0.236. The van der Waals surface area contributed by atoms with Crippen LogP contribution in [0.2, 0.25) is 0 Å². The highest BCUT2D eigenvalue weighted by molar-refractivity contribution is 5.93. The Kier molecular flexibility index (Phi) is 6.14. The van der Waals surface area contributed by atoms with Gasteiger partial charge in [-0.3, -0.25) is 14.4 Å². The maximum absolute atomic E-state index is 11.8. The van der Waals surface area contributed by atoms with Crippen LogP contribution in [0.15, 0.2) is 54.6 Å².